The van der Waals surface area contributed by atoms with E-state index in [0.717, 1.165) is 31.0 Å². The van der Waals surface area contributed by atoms with Gasteiger partial charge >= 0.3 is 6.18 Å². The highest BCUT2D eigenvalue weighted by Gasteiger charge is 2.35. The molecule has 0 spiro atoms. The molecule has 0 radical (unpaired) electrons. The van der Waals surface area contributed by atoms with E-state index in [1.807, 2.05) is 12.1 Å². The summed E-state index contributed by atoms with van der Waals surface area (Å²) in [4.78, 5) is 4.75. The number of piperazine rings is 1. The van der Waals surface area contributed by atoms with Gasteiger partial charge in [-0.1, -0.05) is 18.6 Å². The molecule has 3 heterocycles. The lowest BCUT2D eigenvalue weighted by molar-refractivity contribution is -0.137. The van der Waals surface area contributed by atoms with E-state index < -0.39 is 11.7 Å². The average molecular weight is 362 g/mol. The first-order chi connectivity index (χ1) is 12.4. The minimum absolute atomic E-state index is 0.555. The van der Waals surface area contributed by atoms with Crippen molar-refractivity contribution in [2.75, 3.05) is 25.0 Å². The van der Waals surface area contributed by atoms with Gasteiger partial charge in [-0.3, -0.25) is 4.90 Å². The molecule has 2 fully saturated rings. The van der Waals surface area contributed by atoms with E-state index in [-0.39, 0.29) is 0 Å². The molecule has 0 N–H and O–H groups in total. The van der Waals surface area contributed by atoms with Gasteiger partial charge in [-0.05, 0) is 44.2 Å². The highest BCUT2D eigenvalue weighted by molar-refractivity contribution is 5.60. The molecule has 7 heteroatoms. The van der Waals surface area contributed by atoms with Crippen LogP contribution >= 0.6 is 0 Å². The van der Waals surface area contributed by atoms with Crippen molar-refractivity contribution < 1.29 is 13.2 Å². The second-order valence-electron chi connectivity index (χ2n) is 7.16. The van der Waals surface area contributed by atoms with Crippen LogP contribution in [-0.4, -0.2) is 47.3 Å². The Kier molecular flexibility index (Phi) is 4.34. The molecule has 2 bridgehead atoms. The fraction of sp³-hybridized carbons (Fsp3) is 0.474. The van der Waals surface area contributed by atoms with Crippen LogP contribution in [0.25, 0.3) is 11.3 Å². The average Bonchev–Trinajstić information content (AvgIpc) is 2.61. The zero-order valence-electron chi connectivity index (χ0n) is 14.6. The first-order valence-corrected chi connectivity index (χ1v) is 8.90. The summed E-state index contributed by atoms with van der Waals surface area (Å²) < 4.78 is 38.0. The molecular weight excluding hydrogens is 341 g/mol. The molecule has 2 aromatic rings. The Morgan fingerprint density at radius 1 is 0.923 bits per heavy atom. The molecule has 1 aromatic carbocycles. The second-order valence-corrected chi connectivity index (χ2v) is 7.16. The van der Waals surface area contributed by atoms with Crippen LogP contribution in [-0.2, 0) is 6.18 Å². The van der Waals surface area contributed by atoms with Gasteiger partial charge in [0.05, 0.1) is 11.3 Å². The van der Waals surface area contributed by atoms with Gasteiger partial charge in [-0.2, -0.15) is 13.2 Å². The first-order valence-electron chi connectivity index (χ1n) is 8.90. The third kappa shape index (κ3) is 3.28. The maximum atomic E-state index is 12.7. The van der Waals surface area contributed by atoms with Crippen molar-refractivity contribution in [3.63, 3.8) is 0 Å². The number of nitrogens with zero attached hydrogens (tertiary/aromatic N) is 4. The number of fused-ring (bicyclic) bond motifs is 2. The van der Waals surface area contributed by atoms with Crippen LogP contribution in [0.2, 0.25) is 0 Å². The summed E-state index contributed by atoms with van der Waals surface area (Å²) in [5.41, 5.74) is 0.555. The standard InChI is InChI=1S/C19H21F3N4/c1-25-15-3-2-4-16(25)12-26(11-15)18-10-9-17(23-24-18)13-5-7-14(8-6-13)19(20,21)22/h5-10,15-16H,2-4,11-12H2,1H3. The number of anilines is 1. The van der Waals surface area contributed by atoms with E-state index in [9.17, 15) is 13.2 Å². The first kappa shape index (κ1) is 17.3. The Balaban J connectivity index is 1.50. The Morgan fingerprint density at radius 2 is 1.58 bits per heavy atom. The van der Waals surface area contributed by atoms with Crippen LogP contribution in [0.4, 0.5) is 19.0 Å². The Hall–Kier alpha value is -2.15. The van der Waals surface area contributed by atoms with Gasteiger partial charge in [-0.25, -0.2) is 0 Å². The fourth-order valence-corrected chi connectivity index (χ4v) is 3.98. The van der Waals surface area contributed by atoms with E-state index >= 15 is 0 Å². The molecule has 138 valence electrons. The SMILES string of the molecule is CN1C2CCCC1CN(c1ccc(-c3ccc(C(F)(F)F)cc3)nn1)C2. The van der Waals surface area contributed by atoms with Crippen LogP contribution in [0.15, 0.2) is 36.4 Å². The summed E-state index contributed by atoms with van der Waals surface area (Å²) in [5.74, 6) is 0.839. The number of rotatable bonds is 2. The third-order valence-corrected chi connectivity index (χ3v) is 5.57. The van der Waals surface area contributed by atoms with E-state index in [1.165, 1.54) is 31.4 Å². The Labute approximate surface area is 150 Å². The van der Waals surface area contributed by atoms with Crippen molar-refractivity contribution in [1.82, 2.24) is 15.1 Å². The number of aromatic nitrogens is 2. The summed E-state index contributed by atoms with van der Waals surface area (Å²) in [7, 11) is 2.20. The maximum Gasteiger partial charge on any atom is 0.416 e. The van der Waals surface area contributed by atoms with Gasteiger partial charge in [0, 0.05) is 30.7 Å². The lowest BCUT2D eigenvalue weighted by Crippen LogP contribution is -2.59. The molecule has 4 nitrogen and oxygen atoms in total. The molecule has 2 saturated heterocycles. The minimum atomic E-state index is -4.33. The van der Waals surface area contributed by atoms with Crippen LogP contribution in [0, 0.1) is 0 Å². The molecule has 26 heavy (non-hydrogen) atoms. The monoisotopic (exact) mass is 362 g/mol. The van der Waals surface area contributed by atoms with Crippen LogP contribution in [0.5, 0.6) is 0 Å². The minimum Gasteiger partial charge on any atom is -0.352 e. The molecular formula is C19H21F3N4. The normalized spacial score (nSPS) is 23.9. The molecule has 2 unspecified atom stereocenters. The summed E-state index contributed by atoms with van der Waals surface area (Å²) in [6.07, 6.45) is -0.624. The second kappa shape index (κ2) is 6.54. The van der Waals surface area contributed by atoms with Crippen LogP contribution < -0.4 is 4.90 Å². The lowest BCUT2D eigenvalue weighted by Gasteiger charge is -2.48. The van der Waals surface area contributed by atoms with Gasteiger partial charge in [0.2, 0.25) is 0 Å². The van der Waals surface area contributed by atoms with Crippen molar-refractivity contribution in [1.29, 1.82) is 0 Å². The van der Waals surface area contributed by atoms with Crippen molar-refractivity contribution in [2.24, 2.45) is 0 Å². The van der Waals surface area contributed by atoms with Crippen molar-refractivity contribution in [2.45, 2.75) is 37.5 Å². The maximum absolute atomic E-state index is 12.7. The lowest BCUT2D eigenvalue weighted by atomic mass is 9.92. The largest absolute Gasteiger partial charge is 0.416 e. The summed E-state index contributed by atoms with van der Waals surface area (Å²) in [6.45, 7) is 1.89. The van der Waals surface area contributed by atoms with Crippen molar-refractivity contribution in [3.8, 4) is 11.3 Å². The number of piperidine rings is 1. The highest BCUT2D eigenvalue weighted by atomic mass is 19.4. The summed E-state index contributed by atoms with van der Waals surface area (Å²) >= 11 is 0. The van der Waals surface area contributed by atoms with Gasteiger partial charge < -0.3 is 4.90 Å². The molecule has 1 aromatic heterocycles. The molecule has 2 aliphatic rings. The number of halogens is 3. The summed E-state index contributed by atoms with van der Waals surface area (Å²) in [6, 6.07) is 9.89. The zero-order chi connectivity index (χ0) is 18.3. The third-order valence-electron chi connectivity index (χ3n) is 5.57. The van der Waals surface area contributed by atoms with E-state index in [2.05, 4.69) is 27.0 Å². The zero-order valence-corrected chi connectivity index (χ0v) is 14.6. The molecule has 0 aliphatic carbocycles. The predicted octanol–water partition coefficient (Wildman–Crippen LogP) is 3.84. The fourth-order valence-electron chi connectivity index (χ4n) is 3.98. The van der Waals surface area contributed by atoms with Gasteiger partial charge in [0.25, 0.3) is 0 Å². The molecule has 0 saturated carbocycles. The summed E-state index contributed by atoms with van der Waals surface area (Å²) in [5, 5.41) is 8.58. The number of hydrogen-bond acceptors (Lipinski definition) is 4. The molecule has 2 atom stereocenters. The quantitative estimate of drug-likeness (QED) is 0.813. The smallest absolute Gasteiger partial charge is 0.352 e. The van der Waals surface area contributed by atoms with Crippen LogP contribution in [0.1, 0.15) is 24.8 Å². The topological polar surface area (TPSA) is 32.3 Å². The van der Waals surface area contributed by atoms with E-state index in [0.29, 0.717) is 23.3 Å². The van der Waals surface area contributed by atoms with Crippen molar-refractivity contribution in [3.05, 3.63) is 42.0 Å². The number of hydrogen-bond donors (Lipinski definition) is 0. The van der Waals surface area contributed by atoms with Gasteiger partial charge in [0.15, 0.2) is 5.82 Å². The van der Waals surface area contributed by atoms with E-state index in [4.69, 9.17) is 0 Å². The Bertz CT molecular complexity index is 744. The van der Waals surface area contributed by atoms with Gasteiger partial charge in [-0.15, -0.1) is 10.2 Å². The Morgan fingerprint density at radius 3 is 2.12 bits per heavy atom. The number of likely N-dealkylation sites (N-methyl/N-ethyl adjacent to an activating group) is 1. The van der Waals surface area contributed by atoms with Gasteiger partial charge in [0.1, 0.15) is 0 Å². The number of alkyl halides is 3. The van der Waals surface area contributed by atoms with Crippen LogP contribution in [0.3, 0.4) is 0 Å². The van der Waals surface area contributed by atoms with Crippen molar-refractivity contribution >= 4 is 5.82 Å². The molecule has 0 amide bonds. The highest BCUT2D eigenvalue weighted by Crippen LogP contribution is 2.31. The number of benzene rings is 1. The molecule has 2 aliphatic heterocycles. The van der Waals surface area contributed by atoms with E-state index in [1.54, 1.807) is 0 Å². The predicted molar refractivity (Wildman–Crippen MR) is 93.9 cm³/mol. The molecule has 4 rings (SSSR count).